The van der Waals surface area contributed by atoms with Gasteiger partial charge in [-0.3, -0.25) is 25.0 Å². The Morgan fingerprint density at radius 1 is 1.00 bits per heavy atom. The van der Waals surface area contributed by atoms with E-state index in [9.17, 15) is 23.6 Å². The number of hydrogen-bond acceptors (Lipinski definition) is 8. The molecule has 0 bridgehead atoms. The Labute approximate surface area is 252 Å². The molecule has 2 atom stereocenters. The molecule has 228 valence electrons. The number of piperidine rings is 1. The van der Waals surface area contributed by atoms with Crippen LogP contribution in [0.3, 0.4) is 0 Å². The first kappa shape index (κ1) is 29.1. The zero-order valence-corrected chi connectivity index (χ0v) is 23.7. The number of fused-ring (bicyclic) bond motifs is 1. The van der Waals surface area contributed by atoms with Crippen molar-refractivity contribution in [3.8, 4) is 17.2 Å². The van der Waals surface area contributed by atoms with E-state index in [1.165, 1.54) is 29.2 Å². The van der Waals surface area contributed by atoms with Crippen LogP contribution in [0.15, 0.2) is 60.7 Å². The van der Waals surface area contributed by atoms with Gasteiger partial charge >= 0.3 is 6.09 Å². The maximum absolute atomic E-state index is 13.7. The fourth-order valence-corrected chi connectivity index (χ4v) is 5.42. The van der Waals surface area contributed by atoms with Crippen molar-refractivity contribution in [1.82, 2.24) is 10.2 Å². The van der Waals surface area contributed by atoms with Crippen molar-refractivity contribution >= 4 is 29.5 Å². The third-order valence-electron chi connectivity index (χ3n) is 7.64. The topological polar surface area (TPSA) is 132 Å². The summed E-state index contributed by atoms with van der Waals surface area (Å²) in [5.41, 5.74) is 1.95. The zero-order chi connectivity index (χ0) is 30.6. The van der Waals surface area contributed by atoms with Crippen molar-refractivity contribution in [2.75, 3.05) is 18.5 Å². The first-order valence-corrected chi connectivity index (χ1v) is 14.3. The number of carbonyl (C=O) groups is 4. The second-order valence-electron chi connectivity index (χ2n) is 10.7. The predicted molar refractivity (Wildman–Crippen MR) is 154 cm³/mol. The average Bonchev–Trinajstić information content (AvgIpc) is 3.35. The van der Waals surface area contributed by atoms with Gasteiger partial charge in [-0.05, 0) is 73.4 Å². The number of nitrogens with one attached hydrogen (secondary N) is 2. The van der Waals surface area contributed by atoms with Gasteiger partial charge in [0.15, 0.2) is 0 Å². The molecule has 3 aliphatic rings. The summed E-state index contributed by atoms with van der Waals surface area (Å²) in [5, 5.41) is 4.97. The number of rotatable bonds is 8. The van der Waals surface area contributed by atoms with E-state index in [0.717, 1.165) is 12.8 Å². The predicted octanol–water partition coefficient (Wildman–Crippen LogP) is 4.69. The summed E-state index contributed by atoms with van der Waals surface area (Å²) in [6.45, 7) is 1.00. The van der Waals surface area contributed by atoms with E-state index in [-0.39, 0.29) is 49.7 Å². The number of hydrogen-bond donors (Lipinski definition) is 2. The van der Waals surface area contributed by atoms with Crippen LogP contribution in [0, 0.1) is 5.82 Å². The minimum Gasteiger partial charge on any atom is -0.487 e. The zero-order valence-electron chi connectivity index (χ0n) is 23.7. The van der Waals surface area contributed by atoms with Crippen molar-refractivity contribution in [3.63, 3.8) is 0 Å². The highest BCUT2D eigenvalue weighted by Gasteiger charge is 2.41. The van der Waals surface area contributed by atoms with E-state index >= 15 is 0 Å². The lowest BCUT2D eigenvalue weighted by atomic mass is 10.0. The van der Waals surface area contributed by atoms with E-state index in [2.05, 4.69) is 10.6 Å². The van der Waals surface area contributed by atoms with Gasteiger partial charge < -0.3 is 23.8 Å². The van der Waals surface area contributed by atoms with E-state index < -0.39 is 18.0 Å². The van der Waals surface area contributed by atoms with Crippen LogP contribution in [0.4, 0.5) is 14.9 Å². The SMILES string of the molecule is O=C1CCC(N2Cc3ccc(COC(=O)Nc4ccc(Oc5ccc(F)cc5)cc4)c(O[C@@H]4CCCOC4)c3C2=O)C(=O)N1. The van der Waals surface area contributed by atoms with Gasteiger partial charge in [-0.15, -0.1) is 0 Å². The molecule has 0 aromatic heterocycles. The molecule has 0 saturated carbocycles. The first-order chi connectivity index (χ1) is 21.3. The summed E-state index contributed by atoms with van der Waals surface area (Å²) in [6, 6.07) is 14.9. The molecule has 0 spiro atoms. The lowest BCUT2D eigenvalue weighted by Gasteiger charge is -2.29. The van der Waals surface area contributed by atoms with Crippen LogP contribution in [-0.4, -0.2) is 54.1 Å². The average molecular weight is 604 g/mol. The van der Waals surface area contributed by atoms with Gasteiger partial charge in [0.1, 0.15) is 41.8 Å². The van der Waals surface area contributed by atoms with Gasteiger partial charge in [-0.25, -0.2) is 9.18 Å². The molecule has 1 unspecified atom stereocenters. The van der Waals surface area contributed by atoms with Crippen LogP contribution in [0.2, 0.25) is 0 Å². The van der Waals surface area contributed by atoms with E-state index in [0.29, 0.717) is 52.8 Å². The molecule has 44 heavy (non-hydrogen) atoms. The van der Waals surface area contributed by atoms with Gasteiger partial charge in [0.25, 0.3) is 5.91 Å². The Hall–Kier alpha value is -4.97. The minimum atomic E-state index is -0.767. The molecular formula is C32H30FN3O8. The molecule has 4 amide bonds. The number of imide groups is 1. The van der Waals surface area contributed by atoms with Crippen molar-refractivity contribution in [3.05, 3.63) is 83.2 Å². The Morgan fingerprint density at radius 2 is 1.75 bits per heavy atom. The summed E-state index contributed by atoms with van der Waals surface area (Å²) in [6.07, 6.45) is 0.912. The lowest BCUT2D eigenvalue weighted by Crippen LogP contribution is -2.52. The van der Waals surface area contributed by atoms with Crippen LogP contribution in [-0.2, 0) is 32.2 Å². The Balaban J connectivity index is 1.14. The van der Waals surface area contributed by atoms with Crippen molar-refractivity contribution in [2.24, 2.45) is 0 Å². The second kappa shape index (κ2) is 12.7. The summed E-state index contributed by atoms with van der Waals surface area (Å²) in [7, 11) is 0. The molecule has 2 fully saturated rings. The normalized spacial score (nSPS) is 19.7. The molecule has 3 aromatic rings. The minimum absolute atomic E-state index is 0.150. The maximum Gasteiger partial charge on any atom is 0.411 e. The molecule has 0 radical (unpaired) electrons. The number of ether oxygens (including phenoxy) is 4. The molecule has 11 nitrogen and oxygen atoms in total. The number of carbonyl (C=O) groups excluding carboxylic acids is 4. The van der Waals surface area contributed by atoms with E-state index in [4.69, 9.17) is 18.9 Å². The highest BCUT2D eigenvalue weighted by atomic mass is 19.1. The highest BCUT2D eigenvalue weighted by Crippen LogP contribution is 2.38. The van der Waals surface area contributed by atoms with Gasteiger partial charge in [-0.2, -0.15) is 0 Å². The smallest absolute Gasteiger partial charge is 0.411 e. The third-order valence-corrected chi connectivity index (χ3v) is 7.64. The Kier molecular flexibility index (Phi) is 8.42. The number of amides is 4. The quantitative estimate of drug-likeness (QED) is 0.355. The summed E-state index contributed by atoms with van der Waals surface area (Å²) >= 11 is 0. The summed E-state index contributed by atoms with van der Waals surface area (Å²) < 4.78 is 36.2. The molecule has 3 aromatic carbocycles. The standard InChI is InChI=1S/C32H30FN3O8/c33-21-5-9-23(10-6-21)43-24-11-7-22(8-12-24)34-32(40)42-17-20-4-3-19-16-36(26-13-14-27(37)35-30(26)38)31(39)28(19)29(20)44-25-2-1-15-41-18-25/h3-12,25-26H,1-2,13-18H2,(H,34,40)(H,35,37,38)/t25-,26?/m1/s1. The van der Waals surface area contributed by atoms with E-state index in [1.807, 2.05) is 0 Å². The van der Waals surface area contributed by atoms with Gasteiger partial charge in [0.05, 0.1) is 12.2 Å². The molecule has 12 heteroatoms. The van der Waals surface area contributed by atoms with Crippen molar-refractivity contribution < 1.29 is 42.5 Å². The highest BCUT2D eigenvalue weighted by molar-refractivity contribution is 6.06. The van der Waals surface area contributed by atoms with E-state index in [1.54, 1.807) is 36.4 Å². The fraction of sp³-hybridized carbons (Fsp3) is 0.312. The van der Waals surface area contributed by atoms with Gasteiger partial charge in [0, 0.05) is 30.8 Å². The molecule has 0 aliphatic carbocycles. The largest absolute Gasteiger partial charge is 0.487 e. The Bertz CT molecular complexity index is 1570. The summed E-state index contributed by atoms with van der Waals surface area (Å²) in [5.74, 6) is -0.332. The number of halogens is 1. The molecular weight excluding hydrogens is 573 g/mol. The molecule has 3 heterocycles. The monoisotopic (exact) mass is 603 g/mol. The van der Waals surface area contributed by atoms with Gasteiger partial charge in [-0.1, -0.05) is 12.1 Å². The van der Waals surface area contributed by atoms with Crippen LogP contribution < -0.4 is 20.1 Å². The molecule has 2 N–H and O–H groups in total. The van der Waals surface area contributed by atoms with Crippen LogP contribution in [0.25, 0.3) is 0 Å². The van der Waals surface area contributed by atoms with Crippen molar-refractivity contribution in [1.29, 1.82) is 0 Å². The summed E-state index contributed by atoms with van der Waals surface area (Å²) in [4.78, 5) is 52.0. The molecule has 3 aliphatic heterocycles. The lowest BCUT2D eigenvalue weighted by molar-refractivity contribution is -0.136. The number of anilines is 1. The Morgan fingerprint density at radius 3 is 2.45 bits per heavy atom. The molecule has 2 saturated heterocycles. The van der Waals surface area contributed by atoms with Crippen LogP contribution in [0.5, 0.6) is 17.2 Å². The first-order valence-electron chi connectivity index (χ1n) is 14.3. The third kappa shape index (κ3) is 6.50. The van der Waals surface area contributed by atoms with Crippen molar-refractivity contribution in [2.45, 2.75) is 51.0 Å². The van der Waals surface area contributed by atoms with Gasteiger partial charge in [0.2, 0.25) is 11.8 Å². The maximum atomic E-state index is 13.7. The number of nitrogens with zero attached hydrogens (tertiary/aromatic N) is 1. The van der Waals surface area contributed by atoms with Crippen LogP contribution in [0.1, 0.15) is 47.2 Å². The second-order valence-corrected chi connectivity index (χ2v) is 10.7. The number of benzene rings is 3. The van der Waals surface area contributed by atoms with Crippen LogP contribution >= 0.6 is 0 Å². The molecule has 6 rings (SSSR count). The fourth-order valence-electron chi connectivity index (χ4n) is 5.42.